The van der Waals surface area contributed by atoms with E-state index in [-0.39, 0.29) is 0 Å². The van der Waals surface area contributed by atoms with Gasteiger partial charge in [-0.3, -0.25) is 0 Å². The van der Waals surface area contributed by atoms with Crippen LogP contribution < -0.4 is 10.1 Å². The molecule has 1 unspecified atom stereocenters. The minimum Gasteiger partial charge on any atom is -0.492 e. The standard InChI is InChI=1S/C17H23NO/c1-3-6-14(2)18-11-12-19-17-10-9-15-7-4-5-8-16(15)13-17/h4-5,7-10,13-14,18H,3,6,11-12H2,1-2H3. The highest BCUT2D eigenvalue weighted by atomic mass is 16.5. The van der Waals surface area contributed by atoms with E-state index in [1.165, 1.54) is 23.6 Å². The lowest BCUT2D eigenvalue weighted by Gasteiger charge is -2.13. The average Bonchev–Trinajstić information content (AvgIpc) is 2.44. The zero-order chi connectivity index (χ0) is 13.5. The van der Waals surface area contributed by atoms with Gasteiger partial charge in [-0.15, -0.1) is 0 Å². The van der Waals surface area contributed by atoms with Gasteiger partial charge in [-0.1, -0.05) is 43.7 Å². The molecule has 0 bridgehead atoms. The third kappa shape index (κ3) is 4.25. The van der Waals surface area contributed by atoms with Crippen molar-refractivity contribution in [2.24, 2.45) is 0 Å². The number of rotatable bonds is 7. The molecule has 0 amide bonds. The van der Waals surface area contributed by atoms with Crippen LogP contribution in [0.15, 0.2) is 42.5 Å². The van der Waals surface area contributed by atoms with Gasteiger partial charge in [-0.25, -0.2) is 0 Å². The van der Waals surface area contributed by atoms with Crippen molar-refractivity contribution >= 4 is 10.8 Å². The SMILES string of the molecule is CCCC(C)NCCOc1ccc2ccccc2c1. The zero-order valence-electron chi connectivity index (χ0n) is 11.9. The molecule has 0 aliphatic carbocycles. The maximum atomic E-state index is 5.78. The van der Waals surface area contributed by atoms with Gasteiger partial charge in [-0.2, -0.15) is 0 Å². The van der Waals surface area contributed by atoms with Crippen LogP contribution in [-0.4, -0.2) is 19.2 Å². The molecule has 102 valence electrons. The van der Waals surface area contributed by atoms with Gasteiger partial charge < -0.3 is 10.1 Å². The van der Waals surface area contributed by atoms with Gasteiger partial charge in [0.15, 0.2) is 0 Å². The van der Waals surface area contributed by atoms with Gasteiger partial charge in [-0.05, 0) is 36.2 Å². The smallest absolute Gasteiger partial charge is 0.120 e. The molecule has 0 radical (unpaired) electrons. The lowest BCUT2D eigenvalue weighted by Crippen LogP contribution is -2.29. The van der Waals surface area contributed by atoms with Gasteiger partial charge >= 0.3 is 0 Å². The first-order valence-corrected chi connectivity index (χ1v) is 7.14. The molecule has 0 aromatic heterocycles. The summed E-state index contributed by atoms with van der Waals surface area (Å²) in [5.74, 6) is 0.948. The molecular formula is C17H23NO. The van der Waals surface area contributed by atoms with Crippen LogP contribution in [-0.2, 0) is 0 Å². The van der Waals surface area contributed by atoms with Crippen LogP contribution in [0.3, 0.4) is 0 Å². The summed E-state index contributed by atoms with van der Waals surface area (Å²) >= 11 is 0. The summed E-state index contributed by atoms with van der Waals surface area (Å²) in [6.45, 7) is 6.05. The van der Waals surface area contributed by atoms with Crippen molar-refractivity contribution in [1.82, 2.24) is 5.32 Å². The highest BCUT2D eigenvalue weighted by Crippen LogP contribution is 2.20. The minimum absolute atomic E-state index is 0.574. The molecule has 2 nitrogen and oxygen atoms in total. The van der Waals surface area contributed by atoms with Crippen LogP contribution in [0.5, 0.6) is 5.75 Å². The normalized spacial score (nSPS) is 12.5. The maximum Gasteiger partial charge on any atom is 0.120 e. The van der Waals surface area contributed by atoms with E-state index in [1.807, 2.05) is 6.07 Å². The summed E-state index contributed by atoms with van der Waals surface area (Å²) in [7, 11) is 0. The predicted octanol–water partition coefficient (Wildman–Crippen LogP) is 4.00. The Kier molecular flexibility index (Phi) is 5.22. The van der Waals surface area contributed by atoms with E-state index in [4.69, 9.17) is 4.74 Å². The Labute approximate surface area is 115 Å². The molecule has 0 fully saturated rings. The van der Waals surface area contributed by atoms with E-state index in [0.717, 1.165) is 12.3 Å². The Morgan fingerprint density at radius 2 is 1.89 bits per heavy atom. The molecule has 0 saturated heterocycles. The minimum atomic E-state index is 0.574. The first-order valence-electron chi connectivity index (χ1n) is 7.14. The van der Waals surface area contributed by atoms with Crippen molar-refractivity contribution in [3.8, 4) is 5.75 Å². The molecule has 0 aliphatic rings. The van der Waals surface area contributed by atoms with E-state index in [1.54, 1.807) is 0 Å². The van der Waals surface area contributed by atoms with Crippen molar-refractivity contribution in [3.05, 3.63) is 42.5 Å². The maximum absolute atomic E-state index is 5.78. The van der Waals surface area contributed by atoms with Gasteiger partial charge in [0, 0.05) is 12.6 Å². The van der Waals surface area contributed by atoms with Gasteiger partial charge in [0.1, 0.15) is 12.4 Å². The van der Waals surface area contributed by atoms with Crippen molar-refractivity contribution < 1.29 is 4.74 Å². The Bertz CT molecular complexity index is 509. The van der Waals surface area contributed by atoms with Gasteiger partial charge in [0.25, 0.3) is 0 Å². The van der Waals surface area contributed by atoms with Crippen LogP contribution in [0.1, 0.15) is 26.7 Å². The molecule has 2 aromatic rings. The second-order valence-electron chi connectivity index (χ2n) is 5.00. The van der Waals surface area contributed by atoms with E-state index in [2.05, 4.69) is 55.6 Å². The second-order valence-corrected chi connectivity index (χ2v) is 5.00. The van der Waals surface area contributed by atoms with Crippen LogP contribution >= 0.6 is 0 Å². The molecule has 0 saturated carbocycles. The number of hydrogen-bond donors (Lipinski definition) is 1. The summed E-state index contributed by atoms with van der Waals surface area (Å²) < 4.78 is 5.78. The number of fused-ring (bicyclic) bond motifs is 1. The highest BCUT2D eigenvalue weighted by Gasteiger charge is 2.00. The number of nitrogens with one attached hydrogen (secondary N) is 1. The monoisotopic (exact) mass is 257 g/mol. The molecule has 0 aliphatic heterocycles. The number of hydrogen-bond acceptors (Lipinski definition) is 2. The molecular weight excluding hydrogens is 234 g/mol. The summed E-state index contributed by atoms with van der Waals surface area (Å²) in [6.07, 6.45) is 2.44. The molecule has 0 heterocycles. The fraction of sp³-hybridized carbons (Fsp3) is 0.412. The van der Waals surface area contributed by atoms with Crippen LogP contribution in [0.25, 0.3) is 10.8 Å². The summed E-state index contributed by atoms with van der Waals surface area (Å²) in [5, 5.41) is 5.95. The molecule has 0 spiro atoms. The summed E-state index contributed by atoms with van der Waals surface area (Å²) in [4.78, 5) is 0. The predicted molar refractivity (Wildman–Crippen MR) is 81.8 cm³/mol. The van der Waals surface area contributed by atoms with Crippen molar-refractivity contribution in [1.29, 1.82) is 0 Å². The van der Waals surface area contributed by atoms with Crippen LogP contribution in [0, 0.1) is 0 Å². The molecule has 2 rings (SSSR count). The molecule has 1 atom stereocenters. The summed E-state index contributed by atoms with van der Waals surface area (Å²) in [5.41, 5.74) is 0. The van der Waals surface area contributed by atoms with E-state index >= 15 is 0 Å². The first-order chi connectivity index (χ1) is 9.29. The van der Waals surface area contributed by atoms with E-state index in [0.29, 0.717) is 12.6 Å². The fourth-order valence-electron chi connectivity index (χ4n) is 2.27. The van der Waals surface area contributed by atoms with Crippen molar-refractivity contribution in [2.75, 3.05) is 13.2 Å². The van der Waals surface area contributed by atoms with Crippen molar-refractivity contribution in [2.45, 2.75) is 32.7 Å². The quantitative estimate of drug-likeness (QED) is 0.757. The Balaban J connectivity index is 1.81. The van der Waals surface area contributed by atoms with Crippen LogP contribution in [0.4, 0.5) is 0 Å². The zero-order valence-corrected chi connectivity index (χ0v) is 11.9. The third-order valence-corrected chi connectivity index (χ3v) is 3.31. The van der Waals surface area contributed by atoms with Gasteiger partial charge in [0.05, 0.1) is 0 Å². The molecule has 2 aromatic carbocycles. The lowest BCUT2D eigenvalue weighted by molar-refractivity contribution is 0.305. The topological polar surface area (TPSA) is 21.3 Å². The molecule has 19 heavy (non-hydrogen) atoms. The van der Waals surface area contributed by atoms with Crippen LogP contribution in [0.2, 0.25) is 0 Å². The molecule has 2 heteroatoms. The Morgan fingerprint density at radius 1 is 1.11 bits per heavy atom. The number of ether oxygens (including phenoxy) is 1. The highest BCUT2D eigenvalue weighted by molar-refractivity contribution is 5.83. The third-order valence-electron chi connectivity index (χ3n) is 3.31. The fourth-order valence-corrected chi connectivity index (χ4v) is 2.27. The summed E-state index contributed by atoms with van der Waals surface area (Å²) in [6, 6.07) is 15.2. The van der Waals surface area contributed by atoms with E-state index in [9.17, 15) is 0 Å². The second kappa shape index (κ2) is 7.15. The Hall–Kier alpha value is -1.54. The largest absolute Gasteiger partial charge is 0.492 e. The molecule has 1 N–H and O–H groups in total. The Morgan fingerprint density at radius 3 is 2.68 bits per heavy atom. The van der Waals surface area contributed by atoms with Gasteiger partial charge in [0.2, 0.25) is 0 Å². The lowest BCUT2D eigenvalue weighted by atomic mass is 10.1. The first kappa shape index (κ1) is 13.9. The average molecular weight is 257 g/mol. The number of benzene rings is 2. The van der Waals surface area contributed by atoms with E-state index < -0.39 is 0 Å². The van der Waals surface area contributed by atoms with Crippen molar-refractivity contribution in [3.63, 3.8) is 0 Å².